The molecule has 0 fully saturated rings. The summed E-state index contributed by atoms with van der Waals surface area (Å²) in [4.78, 5) is 0. The maximum absolute atomic E-state index is 8.52. The molecular formula is H4BNNaO7S-3. The molecule has 0 aromatic heterocycles. The second kappa shape index (κ2) is 10.8. The Balaban J connectivity index is -0.0000000383. The van der Waals surface area contributed by atoms with Crippen LogP contribution in [0.4, 0.5) is 0 Å². The summed E-state index contributed by atoms with van der Waals surface area (Å²) in [5.41, 5.74) is 0. The van der Waals surface area contributed by atoms with E-state index in [1.807, 2.05) is 0 Å². The van der Waals surface area contributed by atoms with E-state index in [1.165, 1.54) is 0 Å². The maximum atomic E-state index is 8.52. The molecule has 0 aromatic rings. The molecule has 0 saturated heterocycles. The van der Waals surface area contributed by atoms with Gasteiger partial charge in [0.05, 0.1) is 0 Å². The summed E-state index contributed by atoms with van der Waals surface area (Å²) < 4.78 is 34.1. The first-order valence-corrected chi connectivity index (χ1v) is 2.71. The third-order valence-corrected chi connectivity index (χ3v) is 0. The van der Waals surface area contributed by atoms with E-state index in [0.29, 0.717) is 0 Å². The predicted octanol–water partition coefficient (Wildman–Crippen LogP) is -7.91. The third kappa shape index (κ3) is 1380. The fourth-order valence-electron chi connectivity index (χ4n) is 0. The normalized spacial score (nSPS) is 7.73. The van der Waals surface area contributed by atoms with Gasteiger partial charge < -0.3 is 30.3 Å². The van der Waals surface area contributed by atoms with Crippen molar-refractivity contribution in [1.82, 2.24) is 6.15 Å². The van der Waals surface area contributed by atoms with Crippen LogP contribution in [0.25, 0.3) is 0 Å². The van der Waals surface area contributed by atoms with Gasteiger partial charge >= 0.3 is 29.6 Å². The average molecular weight is 196 g/mol. The molecule has 0 rings (SSSR count). The van der Waals surface area contributed by atoms with Crippen molar-refractivity contribution in [3.05, 3.63) is 0 Å². The molecule has 0 atom stereocenters. The van der Waals surface area contributed by atoms with Gasteiger partial charge in [0.25, 0.3) is 0 Å². The number of quaternary nitrogens is 1. The Morgan fingerprint density at radius 2 is 1.00 bits per heavy atom. The van der Waals surface area contributed by atoms with Crippen LogP contribution >= 0.6 is 0 Å². The van der Waals surface area contributed by atoms with E-state index in [0.717, 1.165) is 0 Å². The van der Waals surface area contributed by atoms with Gasteiger partial charge in [-0.3, -0.25) is 15.7 Å². The summed E-state index contributed by atoms with van der Waals surface area (Å²) in [6, 6.07) is 0. The summed E-state index contributed by atoms with van der Waals surface area (Å²) in [6.07, 6.45) is 0. The molecule has 0 aliphatic heterocycles. The van der Waals surface area contributed by atoms with Crippen molar-refractivity contribution in [2.45, 2.75) is 0 Å². The summed E-state index contributed by atoms with van der Waals surface area (Å²) in [5, 5.41) is 25.2. The minimum Gasteiger partial charge on any atom is -0.907 e. The first-order valence-electron chi connectivity index (χ1n) is 1.37. The molecule has 0 bridgehead atoms. The predicted molar refractivity (Wildman–Crippen MR) is 22.2 cm³/mol. The maximum Gasteiger partial charge on any atom is 1.00 e. The van der Waals surface area contributed by atoms with Crippen molar-refractivity contribution < 1.29 is 62.2 Å². The average Bonchev–Trinajstić information content (AvgIpc) is 1.19. The van der Waals surface area contributed by atoms with Crippen molar-refractivity contribution >= 4 is 17.7 Å². The molecule has 0 amide bonds. The fraction of sp³-hybridized carbons (Fsp3) is 0. The zero-order chi connectivity index (χ0) is 8.08. The summed E-state index contributed by atoms with van der Waals surface area (Å²) in [7, 11) is -8.08. The van der Waals surface area contributed by atoms with Crippen LogP contribution in [0.1, 0.15) is 0 Å². The number of rotatable bonds is 0. The van der Waals surface area contributed by atoms with Gasteiger partial charge in [-0.25, -0.2) is 0 Å². The summed E-state index contributed by atoms with van der Waals surface area (Å²) in [6.45, 7) is 0. The Morgan fingerprint density at radius 1 is 1.00 bits per heavy atom. The van der Waals surface area contributed by atoms with E-state index in [9.17, 15) is 0 Å². The van der Waals surface area contributed by atoms with Gasteiger partial charge in [0, 0.05) is 10.4 Å². The van der Waals surface area contributed by atoms with Crippen molar-refractivity contribution in [1.29, 1.82) is 0 Å². The van der Waals surface area contributed by atoms with Crippen LogP contribution in [0.3, 0.4) is 0 Å². The fourth-order valence-corrected chi connectivity index (χ4v) is 0. The zero-order valence-electron chi connectivity index (χ0n) is 5.84. The molecule has 4 N–H and O–H groups in total. The van der Waals surface area contributed by atoms with Gasteiger partial charge in [-0.05, 0) is 0 Å². The molecule has 0 aromatic carbocycles. The Labute approximate surface area is 85.9 Å². The summed E-state index contributed by atoms with van der Waals surface area (Å²) in [5.74, 6) is 0. The molecule has 64 valence electrons. The van der Waals surface area contributed by atoms with Crippen LogP contribution in [-0.2, 0) is 10.4 Å². The van der Waals surface area contributed by atoms with E-state index in [-0.39, 0.29) is 35.7 Å². The molecule has 0 radical (unpaired) electrons. The quantitative estimate of drug-likeness (QED) is 0.226. The Bertz CT molecular complexity index is 130. The van der Waals surface area contributed by atoms with Crippen LogP contribution in [0, 0.1) is 0 Å². The van der Waals surface area contributed by atoms with Crippen molar-refractivity contribution in [2.24, 2.45) is 0 Å². The Hall–Kier alpha value is 0.775. The first kappa shape index (κ1) is 22.6. The van der Waals surface area contributed by atoms with Gasteiger partial charge in [0.15, 0.2) is 0 Å². The third-order valence-electron chi connectivity index (χ3n) is 0. The van der Waals surface area contributed by atoms with Crippen LogP contribution in [0.5, 0.6) is 0 Å². The first-order chi connectivity index (χ1) is 3.73. The molecule has 11 heteroatoms. The second-order valence-corrected chi connectivity index (χ2v) is 1.51. The van der Waals surface area contributed by atoms with Gasteiger partial charge in [-0.15, -0.1) is 0 Å². The van der Waals surface area contributed by atoms with Gasteiger partial charge in [0.1, 0.15) is 0 Å². The van der Waals surface area contributed by atoms with E-state index in [4.69, 9.17) is 32.6 Å². The van der Waals surface area contributed by atoms with Gasteiger partial charge in [-0.2, -0.15) is 0 Å². The van der Waals surface area contributed by atoms with Crippen molar-refractivity contribution in [2.75, 3.05) is 0 Å². The molecule has 0 unspecified atom stereocenters. The topological polar surface area (TPSA) is 186 Å². The standard InChI is InChI=1S/BO3.H3N.Na.H2O4S/c2-1(3)4;;;1-5(2,3)4/h;1H3;;(H2,1,2,3,4)/q-3;;+1;/p-1. The van der Waals surface area contributed by atoms with Gasteiger partial charge in [-0.1, -0.05) is 0 Å². The number of hydrogen-bond donors (Lipinski definition) is 1. The molecule has 0 aliphatic carbocycles. The van der Waals surface area contributed by atoms with Crippen LogP contribution < -0.4 is 50.8 Å². The minimum absolute atomic E-state index is 0. The van der Waals surface area contributed by atoms with Gasteiger partial charge in [0.2, 0.25) is 0 Å². The second-order valence-electron chi connectivity index (χ2n) is 0.697. The monoisotopic (exact) mass is 196 g/mol. The smallest absolute Gasteiger partial charge is 0.907 e. The zero-order valence-corrected chi connectivity index (χ0v) is 8.66. The van der Waals surface area contributed by atoms with Crippen LogP contribution in [-0.4, -0.2) is 24.8 Å². The molecule has 0 aliphatic rings. The van der Waals surface area contributed by atoms with E-state index >= 15 is 0 Å². The minimum atomic E-state index is -5.17. The van der Waals surface area contributed by atoms with Crippen LogP contribution in [0.2, 0.25) is 0 Å². The number of hydrogen-bond acceptors (Lipinski definition) is 7. The van der Waals surface area contributed by atoms with E-state index in [1.54, 1.807) is 0 Å². The molecule has 11 heavy (non-hydrogen) atoms. The molecule has 0 heterocycles. The molecule has 8 nitrogen and oxygen atoms in total. The molecule has 0 spiro atoms. The summed E-state index contributed by atoms with van der Waals surface area (Å²) >= 11 is 0. The SMILES string of the molecule is O=S(=O)([O-])[O-].[NH4+].[Na+].[O-]B([O-])[O-]. The molecule has 0 saturated carbocycles. The van der Waals surface area contributed by atoms with E-state index < -0.39 is 17.7 Å². The van der Waals surface area contributed by atoms with E-state index in [2.05, 4.69) is 0 Å². The largest absolute Gasteiger partial charge is 1.00 e. The Morgan fingerprint density at radius 3 is 1.00 bits per heavy atom. The molecular weight excluding hydrogens is 192 g/mol. The van der Waals surface area contributed by atoms with Crippen molar-refractivity contribution in [3.8, 4) is 0 Å². The van der Waals surface area contributed by atoms with Crippen LogP contribution in [0.15, 0.2) is 0 Å². The Kier molecular flexibility index (Phi) is 22.2. The van der Waals surface area contributed by atoms with Crippen molar-refractivity contribution in [3.63, 3.8) is 0 Å².